The summed E-state index contributed by atoms with van der Waals surface area (Å²) in [5, 5.41) is 12.7. The lowest BCUT2D eigenvalue weighted by atomic mass is 10.1. The molecule has 0 aromatic carbocycles. The highest BCUT2D eigenvalue weighted by atomic mass is 28.4. The smallest absolute Gasteiger partial charge is 0.408 e. The molecule has 0 aliphatic rings. The SMILES string of the molecule is CC(C)[Si](O[C@@H](C(=O)O)[C@@H](NC(=O)OC(C)(C)C)c1cnco1)(C(C)C)C(C)C. The minimum atomic E-state index is -2.56. The topological polar surface area (TPSA) is 111 Å². The molecule has 1 heterocycles. The third-order valence-electron chi connectivity index (χ3n) is 5.01. The summed E-state index contributed by atoms with van der Waals surface area (Å²) in [5.74, 6) is -0.983. The van der Waals surface area contributed by atoms with Crippen molar-refractivity contribution < 1.29 is 28.3 Å². The van der Waals surface area contributed by atoms with Crippen LogP contribution in [0.1, 0.15) is 74.1 Å². The van der Waals surface area contributed by atoms with Crippen molar-refractivity contribution >= 4 is 20.4 Å². The zero-order valence-electron chi connectivity index (χ0n) is 19.0. The van der Waals surface area contributed by atoms with Crippen molar-refractivity contribution in [2.75, 3.05) is 0 Å². The monoisotopic (exact) mass is 428 g/mol. The molecule has 2 atom stereocenters. The van der Waals surface area contributed by atoms with E-state index in [0.29, 0.717) is 0 Å². The van der Waals surface area contributed by atoms with E-state index in [2.05, 4.69) is 51.8 Å². The summed E-state index contributed by atoms with van der Waals surface area (Å²) in [6, 6.07) is -1.08. The van der Waals surface area contributed by atoms with Gasteiger partial charge in [0.1, 0.15) is 17.4 Å². The Labute approximate surface area is 174 Å². The lowest BCUT2D eigenvalue weighted by Gasteiger charge is -2.44. The van der Waals surface area contributed by atoms with Gasteiger partial charge in [-0.05, 0) is 37.4 Å². The van der Waals surface area contributed by atoms with Crippen LogP contribution in [0.15, 0.2) is 17.0 Å². The lowest BCUT2D eigenvalue weighted by molar-refractivity contribution is -0.147. The van der Waals surface area contributed by atoms with Crippen LogP contribution in [0.2, 0.25) is 16.6 Å². The van der Waals surface area contributed by atoms with Crippen molar-refractivity contribution in [1.82, 2.24) is 10.3 Å². The zero-order chi connectivity index (χ0) is 22.6. The molecule has 29 heavy (non-hydrogen) atoms. The van der Waals surface area contributed by atoms with Crippen molar-refractivity contribution in [3.05, 3.63) is 18.4 Å². The summed E-state index contributed by atoms with van der Waals surface area (Å²) in [4.78, 5) is 28.6. The van der Waals surface area contributed by atoms with Crippen LogP contribution >= 0.6 is 0 Å². The number of carbonyl (C=O) groups excluding carboxylic acids is 1. The van der Waals surface area contributed by atoms with Gasteiger partial charge in [-0.3, -0.25) is 0 Å². The molecular formula is C20H36N2O6Si. The summed E-state index contributed by atoms with van der Waals surface area (Å²) < 4.78 is 17.1. The molecule has 0 saturated carbocycles. The van der Waals surface area contributed by atoms with Gasteiger partial charge >= 0.3 is 12.1 Å². The van der Waals surface area contributed by atoms with E-state index in [-0.39, 0.29) is 22.4 Å². The molecule has 0 aliphatic heterocycles. The average Bonchev–Trinajstić information content (AvgIpc) is 3.05. The number of hydrogen-bond acceptors (Lipinski definition) is 6. The van der Waals surface area contributed by atoms with E-state index in [9.17, 15) is 14.7 Å². The Balaban J connectivity index is 3.37. The molecule has 2 N–H and O–H groups in total. The number of carbonyl (C=O) groups is 2. The number of rotatable bonds is 9. The largest absolute Gasteiger partial charge is 0.479 e. The number of carboxylic acids is 1. The first-order valence-corrected chi connectivity index (χ1v) is 12.1. The highest BCUT2D eigenvalue weighted by Crippen LogP contribution is 2.44. The minimum Gasteiger partial charge on any atom is -0.479 e. The number of oxazole rings is 1. The van der Waals surface area contributed by atoms with Crippen LogP contribution in [0.3, 0.4) is 0 Å². The number of aliphatic carboxylic acids is 1. The molecule has 1 aromatic rings. The fourth-order valence-corrected chi connectivity index (χ4v) is 9.49. The third-order valence-corrected chi connectivity index (χ3v) is 11.1. The van der Waals surface area contributed by atoms with Crippen LogP contribution in [0, 0.1) is 0 Å². The van der Waals surface area contributed by atoms with Crippen LogP contribution in [0.25, 0.3) is 0 Å². The first-order chi connectivity index (χ1) is 13.2. The van der Waals surface area contributed by atoms with Gasteiger partial charge in [0.2, 0.25) is 8.32 Å². The fraction of sp³-hybridized carbons (Fsp3) is 0.750. The van der Waals surface area contributed by atoms with E-state index < -0.39 is 38.1 Å². The molecule has 1 amide bonds. The molecule has 1 aromatic heterocycles. The predicted octanol–water partition coefficient (Wildman–Crippen LogP) is 4.89. The van der Waals surface area contributed by atoms with Crippen molar-refractivity contribution in [2.45, 2.75) is 96.7 Å². The van der Waals surface area contributed by atoms with Gasteiger partial charge in [-0.2, -0.15) is 0 Å². The summed E-state index contributed by atoms with van der Waals surface area (Å²) in [6.07, 6.45) is 0.481. The van der Waals surface area contributed by atoms with Crippen LogP contribution in [0.4, 0.5) is 4.79 Å². The third kappa shape index (κ3) is 6.30. The highest BCUT2D eigenvalue weighted by molar-refractivity contribution is 6.77. The van der Waals surface area contributed by atoms with E-state index in [1.807, 2.05) is 0 Å². The molecule has 0 bridgehead atoms. The Hall–Kier alpha value is -1.87. The molecule has 0 unspecified atom stereocenters. The van der Waals surface area contributed by atoms with Crippen molar-refractivity contribution in [3.63, 3.8) is 0 Å². The molecule has 166 valence electrons. The number of amides is 1. The van der Waals surface area contributed by atoms with Crippen LogP contribution in [-0.4, -0.2) is 42.2 Å². The Morgan fingerprint density at radius 1 is 1.10 bits per heavy atom. The van der Waals surface area contributed by atoms with Gasteiger partial charge in [0, 0.05) is 0 Å². The number of alkyl carbamates (subject to hydrolysis) is 1. The first-order valence-electron chi connectivity index (χ1n) is 10.0. The summed E-state index contributed by atoms with van der Waals surface area (Å²) in [5.41, 5.74) is -0.231. The average molecular weight is 429 g/mol. The van der Waals surface area contributed by atoms with E-state index in [1.54, 1.807) is 20.8 Å². The maximum absolute atomic E-state index is 12.4. The summed E-state index contributed by atoms with van der Waals surface area (Å²) >= 11 is 0. The molecule has 8 nitrogen and oxygen atoms in total. The van der Waals surface area contributed by atoms with E-state index in [4.69, 9.17) is 13.6 Å². The second-order valence-corrected chi connectivity index (χ2v) is 14.6. The highest BCUT2D eigenvalue weighted by Gasteiger charge is 2.50. The van der Waals surface area contributed by atoms with Crippen LogP contribution < -0.4 is 5.32 Å². The molecule has 0 radical (unpaired) electrons. The van der Waals surface area contributed by atoms with Gasteiger partial charge in [0.15, 0.2) is 12.5 Å². The quantitative estimate of drug-likeness (QED) is 0.539. The van der Waals surface area contributed by atoms with Crippen molar-refractivity contribution in [2.24, 2.45) is 0 Å². The minimum absolute atomic E-state index is 0.168. The molecule has 9 heteroatoms. The molecule has 0 aliphatic carbocycles. The number of ether oxygens (including phenoxy) is 1. The Bertz CT molecular complexity index is 645. The van der Waals surface area contributed by atoms with Gasteiger partial charge < -0.3 is 24.0 Å². The van der Waals surface area contributed by atoms with Gasteiger partial charge in [0.05, 0.1) is 6.20 Å². The van der Waals surface area contributed by atoms with E-state index in [1.165, 1.54) is 12.6 Å². The Kier molecular flexibility index (Phi) is 8.46. The van der Waals surface area contributed by atoms with Crippen molar-refractivity contribution in [1.29, 1.82) is 0 Å². The lowest BCUT2D eigenvalue weighted by Crippen LogP contribution is -2.55. The summed E-state index contributed by atoms with van der Waals surface area (Å²) in [7, 11) is -2.56. The molecule has 0 spiro atoms. The second-order valence-electron chi connectivity index (χ2n) is 9.22. The molecule has 1 rings (SSSR count). The molecular weight excluding hydrogens is 392 g/mol. The van der Waals surface area contributed by atoms with Gasteiger partial charge in [-0.1, -0.05) is 41.5 Å². The Morgan fingerprint density at radius 2 is 1.62 bits per heavy atom. The maximum Gasteiger partial charge on any atom is 0.408 e. The number of nitrogens with one attached hydrogen (secondary N) is 1. The van der Waals surface area contributed by atoms with Crippen molar-refractivity contribution in [3.8, 4) is 0 Å². The van der Waals surface area contributed by atoms with Crippen LogP contribution in [-0.2, 0) is 14.0 Å². The van der Waals surface area contributed by atoms with E-state index in [0.717, 1.165) is 0 Å². The first kappa shape index (κ1) is 25.2. The normalized spacial score (nSPS) is 14.9. The number of carboxylic acid groups (broad SMARTS) is 1. The predicted molar refractivity (Wildman–Crippen MR) is 112 cm³/mol. The number of aromatic nitrogens is 1. The van der Waals surface area contributed by atoms with Crippen LogP contribution in [0.5, 0.6) is 0 Å². The second kappa shape index (κ2) is 9.75. The zero-order valence-corrected chi connectivity index (χ0v) is 20.0. The standard InChI is InChI=1S/C20H36N2O6Si/c1-12(2)29(13(3)4,14(5)6)28-17(18(23)24)16(15-10-21-11-26-15)22-19(25)27-20(7,8)9/h10-14,16-17H,1-9H3,(H,22,25)(H,23,24)/t16-,17+/m0/s1. The van der Waals surface area contributed by atoms with Gasteiger partial charge in [0.25, 0.3) is 0 Å². The summed E-state index contributed by atoms with van der Waals surface area (Å²) in [6.45, 7) is 17.6. The Morgan fingerprint density at radius 3 is 1.97 bits per heavy atom. The van der Waals surface area contributed by atoms with Gasteiger partial charge in [-0.25, -0.2) is 14.6 Å². The number of hydrogen-bond donors (Lipinski definition) is 2. The fourth-order valence-electron chi connectivity index (χ4n) is 4.00. The maximum atomic E-state index is 12.4. The molecule has 0 saturated heterocycles. The number of nitrogens with zero attached hydrogens (tertiary/aromatic N) is 1. The molecule has 0 fully saturated rings. The van der Waals surface area contributed by atoms with Gasteiger partial charge in [-0.15, -0.1) is 0 Å². The van der Waals surface area contributed by atoms with E-state index >= 15 is 0 Å².